The van der Waals surface area contributed by atoms with Crippen molar-refractivity contribution in [3.63, 3.8) is 0 Å². The van der Waals surface area contributed by atoms with Gasteiger partial charge in [-0.2, -0.15) is 0 Å². The normalized spacial score (nSPS) is 11.6. The molecule has 0 N–H and O–H groups in total. The molecule has 182 valence electrons. The Bertz CT molecular complexity index is 1940. The topological polar surface area (TPSA) is 22.8 Å². The highest BCUT2D eigenvalue weighted by Crippen LogP contribution is 2.35. The van der Waals surface area contributed by atoms with Crippen LogP contribution in [-0.2, 0) is 0 Å². The van der Waals surface area contributed by atoms with Crippen molar-refractivity contribution in [3.8, 4) is 11.5 Å². The molecule has 0 amide bonds. The largest absolute Gasteiger partial charge is 0.308 e. The molecule has 3 heteroatoms. The number of aryl methyl sites for hydroxylation is 2. The van der Waals surface area contributed by atoms with E-state index in [0.29, 0.717) is 0 Å². The second-order valence-corrected chi connectivity index (χ2v) is 10.0. The highest BCUT2D eigenvalue weighted by atomic mass is 15.1. The molecule has 7 aromatic rings. The Labute approximate surface area is 221 Å². The van der Waals surface area contributed by atoms with E-state index in [1.54, 1.807) is 0 Å². The van der Waals surface area contributed by atoms with Crippen LogP contribution in [0.25, 0.3) is 67.3 Å². The summed E-state index contributed by atoms with van der Waals surface area (Å²) in [5.74, 6) is 0.908. The lowest BCUT2D eigenvalue weighted by molar-refractivity contribution is 1.05. The van der Waals surface area contributed by atoms with E-state index in [1.165, 1.54) is 43.7 Å². The predicted molar refractivity (Wildman–Crippen MR) is 163 cm³/mol. The smallest absolute Gasteiger partial charge is 0.137 e. The number of aromatic nitrogens is 3. The molecule has 0 saturated carbocycles. The minimum absolute atomic E-state index is 0.908. The molecule has 0 atom stereocenters. The van der Waals surface area contributed by atoms with E-state index in [9.17, 15) is 0 Å². The zero-order valence-electron chi connectivity index (χ0n) is 21.6. The zero-order chi connectivity index (χ0) is 26.0. The van der Waals surface area contributed by atoms with Crippen LogP contribution in [0.3, 0.4) is 0 Å². The van der Waals surface area contributed by atoms with Crippen LogP contribution in [0.5, 0.6) is 0 Å². The van der Waals surface area contributed by atoms with Gasteiger partial charge in [0.1, 0.15) is 5.82 Å². The molecule has 0 aliphatic heterocycles. The molecule has 3 nitrogen and oxygen atoms in total. The van der Waals surface area contributed by atoms with Crippen molar-refractivity contribution >= 4 is 55.8 Å². The fourth-order valence-electron chi connectivity index (χ4n) is 5.73. The molecule has 7 rings (SSSR count). The Balaban J connectivity index is 1.45. The first kappa shape index (κ1) is 22.3. The van der Waals surface area contributed by atoms with Crippen LogP contribution in [0.4, 0.5) is 0 Å². The van der Waals surface area contributed by atoms with Gasteiger partial charge in [0, 0.05) is 21.5 Å². The third-order valence-corrected chi connectivity index (χ3v) is 7.58. The summed E-state index contributed by atoms with van der Waals surface area (Å²) < 4.78 is 4.56. The molecule has 38 heavy (non-hydrogen) atoms. The van der Waals surface area contributed by atoms with Crippen LogP contribution < -0.4 is 0 Å². The van der Waals surface area contributed by atoms with E-state index in [0.717, 1.165) is 33.7 Å². The van der Waals surface area contributed by atoms with Crippen LogP contribution in [-0.4, -0.2) is 14.1 Å². The van der Waals surface area contributed by atoms with Gasteiger partial charge in [0.15, 0.2) is 0 Å². The maximum absolute atomic E-state index is 5.01. The third kappa shape index (κ3) is 3.25. The van der Waals surface area contributed by atoms with Crippen LogP contribution in [0.15, 0.2) is 104 Å². The average Bonchev–Trinajstić information content (AvgIpc) is 3.44. The molecule has 0 saturated heterocycles. The number of benzene rings is 4. The van der Waals surface area contributed by atoms with E-state index in [4.69, 9.17) is 4.98 Å². The average molecular weight is 490 g/mol. The molecule has 0 radical (unpaired) electrons. The van der Waals surface area contributed by atoms with E-state index < -0.39 is 0 Å². The zero-order valence-corrected chi connectivity index (χ0v) is 21.6. The first-order valence-electron chi connectivity index (χ1n) is 12.9. The van der Waals surface area contributed by atoms with Crippen molar-refractivity contribution in [2.45, 2.75) is 13.8 Å². The molecule has 0 fully saturated rings. The van der Waals surface area contributed by atoms with Crippen LogP contribution in [0.1, 0.15) is 22.3 Å². The van der Waals surface area contributed by atoms with Crippen molar-refractivity contribution in [3.05, 3.63) is 127 Å². The van der Waals surface area contributed by atoms with Gasteiger partial charge in [-0.05, 0) is 85.6 Å². The number of pyridine rings is 1. The van der Waals surface area contributed by atoms with Crippen LogP contribution in [0.2, 0.25) is 0 Å². The first-order valence-corrected chi connectivity index (χ1v) is 12.9. The van der Waals surface area contributed by atoms with E-state index in [2.05, 4.69) is 121 Å². The first-order chi connectivity index (χ1) is 18.6. The number of hydrogen-bond donors (Lipinski definition) is 0. The molecule has 3 heterocycles. The van der Waals surface area contributed by atoms with Crippen molar-refractivity contribution in [1.82, 2.24) is 14.1 Å². The highest BCUT2D eigenvalue weighted by molar-refractivity contribution is 6.11. The molecular formula is C35H27N3. The number of nitrogens with zero attached hydrogens (tertiary/aromatic N) is 3. The molecule has 0 aliphatic carbocycles. The number of rotatable bonds is 4. The van der Waals surface area contributed by atoms with E-state index in [1.807, 2.05) is 18.3 Å². The lowest BCUT2D eigenvalue weighted by Crippen LogP contribution is -2.00. The van der Waals surface area contributed by atoms with Gasteiger partial charge in [-0.25, -0.2) is 4.98 Å². The standard InChI is InChI=1S/C35H27N3/c1-5-24-9-14-31-29(19-24)30-20-25(6-2)10-15-32(30)37(31)26-11-16-35(36-21-26)38-33-12-7-22(3)17-27(33)28-18-23(4)8-13-34(28)38/h5-21H,1-2H2,3-4H3. The van der Waals surface area contributed by atoms with Crippen LogP contribution >= 0.6 is 0 Å². The van der Waals surface area contributed by atoms with Gasteiger partial charge in [0.2, 0.25) is 0 Å². The highest BCUT2D eigenvalue weighted by Gasteiger charge is 2.16. The summed E-state index contributed by atoms with van der Waals surface area (Å²) in [4.78, 5) is 5.01. The van der Waals surface area contributed by atoms with E-state index in [-0.39, 0.29) is 0 Å². The fraction of sp³-hybridized carbons (Fsp3) is 0.0571. The predicted octanol–water partition coefficient (Wildman–Crippen LogP) is 9.18. The molecule has 4 aromatic carbocycles. The Morgan fingerprint density at radius 2 is 1.03 bits per heavy atom. The van der Waals surface area contributed by atoms with Gasteiger partial charge in [-0.15, -0.1) is 0 Å². The maximum Gasteiger partial charge on any atom is 0.137 e. The third-order valence-electron chi connectivity index (χ3n) is 7.58. The second kappa shape index (κ2) is 8.32. The Morgan fingerprint density at radius 3 is 1.50 bits per heavy atom. The SMILES string of the molecule is C=Cc1ccc2c(c1)c1cc(C=C)ccc1n2-c1ccc(-n2c3ccc(C)cc3c3cc(C)ccc32)nc1. The Hall–Kier alpha value is -4.89. The van der Waals surface area contributed by atoms with Crippen molar-refractivity contribution in [1.29, 1.82) is 0 Å². The molecular weight excluding hydrogens is 462 g/mol. The van der Waals surface area contributed by atoms with Gasteiger partial charge >= 0.3 is 0 Å². The monoisotopic (exact) mass is 489 g/mol. The molecule has 0 unspecified atom stereocenters. The fourth-order valence-corrected chi connectivity index (χ4v) is 5.73. The Kier molecular flexibility index (Phi) is 4.89. The summed E-state index contributed by atoms with van der Waals surface area (Å²) in [6.07, 6.45) is 5.77. The molecule has 0 bridgehead atoms. The molecule has 0 spiro atoms. The summed E-state index contributed by atoms with van der Waals surface area (Å²) in [7, 11) is 0. The van der Waals surface area contributed by atoms with E-state index >= 15 is 0 Å². The number of fused-ring (bicyclic) bond motifs is 6. The summed E-state index contributed by atoms with van der Waals surface area (Å²) in [6.45, 7) is 12.2. The van der Waals surface area contributed by atoms with Gasteiger partial charge in [0.25, 0.3) is 0 Å². The molecule has 0 aliphatic rings. The summed E-state index contributed by atoms with van der Waals surface area (Å²) >= 11 is 0. The minimum Gasteiger partial charge on any atom is -0.308 e. The van der Waals surface area contributed by atoms with Crippen molar-refractivity contribution in [2.24, 2.45) is 0 Å². The minimum atomic E-state index is 0.908. The van der Waals surface area contributed by atoms with Crippen LogP contribution in [0, 0.1) is 13.8 Å². The lowest BCUT2D eigenvalue weighted by Gasteiger charge is -2.11. The van der Waals surface area contributed by atoms with Gasteiger partial charge < -0.3 is 4.57 Å². The van der Waals surface area contributed by atoms with Gasteiger partial charge in [0.05, 0.1) is 34.0 Å². The summed E-state index contributed by atoms with van der Waals surface area (Å²) in [6, 6.07) is 30.6. The summed E-state index contributed by atoms with van der Waals surface area (Å²) in [5, 5.41) is 4.90. The lowest BCUT2D eigenvalue weighted by atomic mass is 10.1. The van der Waals surface area contributed by atoms with Crippen molar-refractivity contribution < 1.29 is 0 Å². The maximum atomic E-state index is 5.01. The molecule has 3 aromatic heterocycles. The number of hydrogen-bond acceptors (Lipinski definition) is 1. The van der Waals surface area contributed by atoms with Crippen molar-refractivity contribution in [2.75, 3.05) is 0 Å². The van der Waals surface area contributed by atoms with Gasteiger partial charge in [-0.1, -0.05) is 60.7 Å². The Morgan fingerprint density at radius 1 is 0.553 bits per heavy atom. The quantitative estimate of drug-likeness (QED) is 0.242. The summed E-state index contributed by atoms with van der Waals surface area (Å²) in [5.41, 5.74) is 10.4. The second-order valence-electron chi connectivity index (χ2n) is 10.0. The van der Waals surface area contributed by atoms with Gasteiger partial charge in [-0.3, -0.25) is 4.57 Å².